The number of hydrogen-bond donors (Lipinski definition) is 2. The van der Waals surface area contributed by atoms with Gasteiger partial charge in [0.25, 0.3) is 0 Å². The summed E-state index contributed by atoms with van der Waals surface area (Å²) >= 11 is 1.71. The van der Waals surface area contributed by atoms with Crippen molar-refractivity contribution >= 4 is 22.9 Å². The summed E-state index contributed by atoms with van der Waals surface area (Å²) in [5, 5.41) is 4.49. The third-order valence-corrected chi connectivity index (χ3v) is 4.45. The summed E-state index contributed by atoms with van der Waals surface area (Å²) < 4.78 is 0. The molecule has 0 aliphatic rings. The molecule has 4 nitrogen and oxygen atoms in total. The van der Waals surface area contributed by atoms with Crippen LogP contribution in [0.15, 0.2) is 30.5 Å². The Morgan fingerprint density at radius 1 is 1.33 bits per heavy atom. The zero-order chi connectivity index (χ0) is 15.5. The smallest absolute Gasteiger partial charge is 0.221 e. The lowest BCUT2D eigenvalue weighted by Crippen LogP contribution is -2.15. The van der Waals surface area contributed by atoms with Crippen LogP contribution in [0.2, 0.25) is 0 Å². The molecule has 1 aromatic heterocycles. The lowest BCUT2D eigenvalue weighted by atomic mass is 9.98. The lowest BCUT2D eigenvalue weighted by molar-refractivity contribution is -0.117. The number of hydrogen-bond acceptors (Lipinski definition) is 4. The number of anilines is 1. The molecule has 0 saturated heterocycles. The van der Waals surface area contributed by atoms with Gasteiger partial charge < -0.3 is 11.1 Å². The van der Waals surface area contributed by atoms with Gasteiger partial charge in [0.15, 0.2) is 0 Å². The van der Waals surface area contributed by atoms with E-state index in [9.17, 15) is 4.79 Å². The van der Waals surface area contributed by atoms with Gasteiger partial charge in [0.05, 0.1) is 18.0 Å². The van der Waals surface area contributed by atoms with Gasteiger partial charge in [-0.3, -0.25) is 4.79 Å². The number of para-hydroxylation sites is 1. The molecule has 0 aliphatic carbocycles. The van der Waals surface area contributed by atoms with Crippen LogP contribution >= 0.6 is 11.3 Å². The summed E-state index contributed by atoms with van der Waals surface area (Å²) in [6.07, 6.45) is 2.16. The van der Waals surface area contributed by atoms with E-state index in [1.54, 1.807) is 11.3 Å². The standard InChI is InChI=1S/C16H21N3OS/c1-16(2,3)15-19-10-12(21-15)9-18-13-7-5-4-6-11(13)8-14(17)20/h4-7,10,18H,8-9H2,1-3H3,(H2,17,20). The van der Waals surface area contributed by atoms with E-state index in [4.69, 9.17) is 5.73 Å². The van der Waals surface area contributed by atoms with Crippen LogP contribution in [0, 0.1) is 0 Å². The van der Waals surface area contributed by atoms with Gasteiger partial charge in [0.1, 0.15) is 0 Å². The highest BCUT2D eigenvalue weighted by Crippen LogP contribution is 2.27. The number of nitrogens with two attached hydrogens (primary N) is 1. The maximum Gasteiger partial charge on any atom is 0.221 e. The second-order valence-corrected chi connectivity index (χ2v) is 7.15. The maximum atomic E-state index is 11.1. The van der Waals surface area contributed by atoms with Gasteiger partial charge in [-0.1, -0.05) is 39.0 Å². The van der Waals surface area contributed by atoms with E-state index in [1.807, 2.05) is 30.5 Å². The van der Waals surface area contributed by atoms with Crippen molar-refractivity contribution in [1.82, 2.24) is 4.98 Å². The minimum atomic E-state index is -0.322. The number of thiazole rings is 1. The van der Waals surface area contributed by atoms with Crippen molar-refractivity contribution in [2.45, 2.75) is 39.2 Å². The van der Waals surface area contributed by atoms with E-state index < -0.39 is 0 Å². The van der Waals surface area contributed by atoms with Gasteiger partial charge in [-0.05, 0) is 11.6 Å². The number of rotatable bonds is 5. The highest BCUT2D eigenvalue weighted by Gasteiger charge is 2.17. The van der Waals surface area contributed by atoms with Crippen molar-refractivity contribution in [3.05, 3.63) is 45.9 Å². The van der Waals surface area contributed by atoms with Crippen molar-refractivity contribution in [2.24, 2.45) is 5.73 Å². The summed E-state index contributed by atoms with van der Waals surface area (Å²) in [6.45, 7) is 7.17. The minimum Gasteiger partial charge on any atom is -0.380 e. The fraction of sp³-hybridized carbons (Fsp3) is 0.375. The number of primary amides is 1. The van der Waals surface area contributed by atoms with Crippen LogP contribution in [0.25, 0.3) is 0 Å². The lowest BCUT2D eigenvalue weighted by Gasteiger charge is -2.13. The number of amides is 1. The Morgan fingerprint density at radius 2 is 2.05 bits per heavy atom. The van der Waals surface area contributed by atoms with Crippen LogP contribution in [-0.2, 0) is 23.2 Å². The quantitative estimate of drug-likeness (QED) is 0.892. The third-order valence-electron chi connectivity index (χ3n) is 3.03. The molecule has 0 spiro atoms. The Hall–Kier alpha value is -1.88. The van der Waals surface area contributed by atoms with Crippen LogP contribution < -0.4 is 11.1 Å². The molecular weight excluding hydrogens is 282 g/mol. The molecule has 2 aromatic rings. The Kier molecular flexibility index (Phi) is 4.63. The molecular formula is C16H21N3OS. The van der Waals surface area contributed by atoms with Crippen LogP contribution in [0.5, 0.6) is 0 Å². The van der Waals surface area contributed by atoms with Gasteiger partial charge in [0.2, 0.25) is 5.91 Å². The van der Waals surface area contributed by atoms with E-state index in [-0.39, 0.29) is 17.7 Å². The van der Waals surface area contributed by atoms with Crippen molar-refractivity contribution in [3.63, 3.8) is 0 Å². The number of nitrogens with one attached hydrogen (secondary N) is 1. The van der Waals surface area contributed by atoms with E-state index in [2.05, 4.69) is 31.1 Å². The molecule has 0 unspecified atom stereocenters. The SMILES string of the molecule is CC(C)(C)c1ncc(CNc2ccccc2CC(N)=O)s1. The van der Waals surface area contributed by atoms with Gasteiger partial charge in [0, 0.05) is 22.2 Å². The zero-order valence-electron chi connectivity index (χ0n) is 12.6. The first-order chi connectivity index (χ1) is 9.86. The number of carbonyl (C=O) groups is 1. The largest absolute Gasteiger partial charge is 0.380 e. The second-order valence-electron chi connectivity index (χ2n) is 6.04. The van der Waals surface area contributed by atoms with E-state index in [0.29, 0.717) is 6.54 Å². The highest BCUT2D eigenvalue weighted by atomic mass is 32.1. The second kappa shape index (κ2) is 6.26. The highest BCUT2D eigenvalue weighted by molar-refractivity contribution is 7.11. The topological polar surface area (TPSA) is 68.0 Å². The maximum absolute atomic E-state index is 11.1. The third kappa shape index (κ3) is 4.29. The Bertz CT molecular complexity index is 628. The molecule has 0 bridgehead atoms. The number of aromatic nitrogens is 1. The van der Waals surface area contributed by atoms with E-state index in [1.165, 1.54) is 4.88 Å². The van der Waals surface area contributed by atoms with E-state index in [0.717, 1.165) is 16.3 Å². The molecule has 112 valence electrons. The number of nitrogens with zero attached hydrogens (tertiary/aromatic N) is 1. The fourth-order valence-electron chi connectivity index (χ4n) is 1.95. The van der Waals surface area contributed by atoms with Crippen molar-refractivity contribution in [3.8, 4) is 0 Å². The first-order valence-electron chi connectivity index (χ1n) is 6.91. The molecule has 1 aromatic carbocycles. The normalized spacial score (nSPS) is 11.4. The van der Waals surface area contributed by atoms with Crippen LogP contribution in [0.3, 0.4) is 0 Å². The number of benzene rings is 1. The predicted molar refractivity (Wildman–Crippen MR) is 87.5 cm³/mol. The van der Waals surface area contributed by atoms with Crippen LogP contribution in [0.1, 0.15) is 36.2 Å². The molecule has 0 atom stereocenters. The first kappa shape index (κ1) is 15.5. The van der Waals surface area contributed by atoms with Gasteiger partial charge in [-0.25, -0.2) is 4.98 Å². The molecule has 0 radical (unpaired) electrons. The summed E-state index contributed by atoms with van der Waals surface area (Å²) in [5.74, 6) is -0.322. The average molecular weight is 303 g/mol. The molecule has 21 heavy (non-hydrogen) atoms. The Labute approximate surface area is 129 Å². The van der Waals surface area contributed by atoms with Crippen molar-refractivity contribution < 1.29 is 4.79 Å². The molecule has 2 rings (SSSR count). The molecule has 0 saturated carbocycles. The number of carbonyl (C=O) groups excluding carboxylic acids is 1. The zero-order valence-corrected chi connectivity index (χ0v) is 13.5. The molecule has 1 amide bonds. The molecule has 0 aliphatic heterocycles. The van der Waals surface area contributed by atoms with Crippen LogP contribution in [0.4, 0.5) is 5.69 Å². The van der Waals surface area contributed by atoms with Gasteiger partial charge in [-0.15, -0.1) is 11.3 Å². The van der Waals surface area contributed by atoms with Gasteiger partial charge >= 0.3 is 0 Å². The van der Waals surface area contributed by atoms with Crippen molar-refractivity contribution in [1.29, 1.82) is 0 Å². The summed E-state index contributed by atoms with van der Waals surface area (Å²) in [4.78, 5) is 16.7. The predicted octanol–water partition coefficient (Wildman–Crippen LogP) is 3.08. The summed E-state index contributed by atoms with van der Waals surface area (Å²) in [5.41, 5.74) is 7.22. The summed E-state index contributed by atoms with van der Waals surface area (Å²) in [6, 6.07) is 7.73. The van der Waals surface area contributed by atoms with E-state index >= 15 is 0 Å². The average Bonchev–Trinajstić information content (AvgIpc) is 2.86. The Morgan fingerprint density at radius 3 is 2.67 bits per heavy atom. The first-order valence-corrected chi connectivity index (χ1v) is 7.73. The molecule has 5 heteroatoms. The molecule has 0 fully saturated rings. The fourth-order valence-corrected chi connectivity index (χ4v) is 2.86. The summed E-state index contributed by atoms with van der Waals surface area (Å²) in [7, 11) is 0. The minimum absolute atomic E-state index is 0.0762. The molecule has 1 heterocycles. The van der Waals surface area contributed by atoms with Crippen LogP contribution in [-0.4, -0.2) is 10.9 Å². The Balaban J connectivity index is 2.06. The van der Waals surface area contributed by atoms with Gasteiger partial charge in [-0.2, -0.15) is 0 Å². The van der Waals surface area contributed by atoms with Crippen molar-refractivity contribution in [2.75, 3.05) is 5.32 Å². The monoisotopic (exact) mass is 303 g/mol. The molecule has 3 N–H and O–H groups in total.